The highest BCUT2D eigenvalue weighted by atomic mass is 16.5. The van der Waals surface area contributed by atoms with E-state index in [2.05, 4.69) is 10.3 Å². The van der Waals surface area contributed by atoms with Crippen molar-refractivity contribution in [2.45, 2.75) is 32.8 Å². The van der Waals surface area contributed by atoms with Crippen molar-refractivity contribution in [3.05, 3.63) is 17.5 Å². The number of aromatic amines is 1. The van der Waals surface area contributed by atoms with Crippen LogP contribution in [0.3, 0.4) is 0 Å². The zero-order valence-electron chi connectivity index (χ0n) is 11.0. The van der Waals surface area contributed by atoms with Crippen LogP contribution in [0, 0.1) is 12.8 Å². The van der Waals surface area contributed by atoms with Gasteiger partial charge >= 0.3 is 5.97 Å². The summed E-state index contributed by atoms with van der Waals surface area (Å²) in [5.41, 5.74) is 1.02. The van der Waals surface area contributed by atoms with Crippen LogP contribution in [0.2, 0.25) is 0 Å². The zero-order valence-corrected chi connectivity index (χ0v) is 11.0. The molecule has 1 amide bonds. The van der Waals surface area contributed by atoms with Gasteiger partial charge in [-0.3, -0.25) is 4.79 Å². The molecule has 1 aliphatic heterocycles. The van der Waals surface area contributed by atoms with E-state index < -0.39 is 5.97 Å². The van der Waals surface area contributed by atoms with Gasteiger partial charge in [0.25, 0.3) is 0 Å². The molecule has 1 aromatic heterocycles. The summed E-state index contributed by atoms with van der Waals surface area (Å²) < 4.78 is 5.47. The lowest BCUT2D eigenvalue weighted by Crippen LogP contribution is -2.29. The van der Waals surface area contributed by atoms with Crippen molar-refractivity contribution >= 4 is 17.6 Å². The van der Waals surface area contributed by atoms with E-state index in [4.69, 9.17) is 9.84 Å². The normalized spacial score (nSPS) is 22.4. The Balaban J connectivity index is 2.12. The third kappa shape index (κ3) is 2.78. The van der Waals surface area contributed by atoms with E-state index in [9.17, 15) is 9.59 Å². The average Bonchev–Trinajstić information content (AvgIpc) is 2.95. The summed E-state index contributed by atoms with van der Waals surface area (Å²) in [6.45, 7) is 4.30. The molecular formula is C13H18N2O4. The number of aromatic carboxylic acids is 1. The van der Waals surface area contributed by atoms with Crippen LogP contribution in [0.15, 0.2) is 6.07 Å². The largest absolute Gasteiger partial charge is 0.477 e. The number of aromatic nitrogens is 1. The first-order valence-corrected chi connectivity index (χ1v) is 6.38. The van der Waals surface area contributed by atoms with Crippen molar-refractivity contribution in [3.63, 3.8) is 0 Å². The number of anilines is 1. The zero-order chi connectivity index (χ0) is 14.0. The fraction of sp³-hybridized carbons (Fsp3) is 0.538. The number of H-pyrrole nitrogens is 1. The highest BCUT2D eigenvalue weighted by molar-refractivity contribution is 6.00. The Morgan fingerprint density at radius 2 is 2.32 bits per heavy atom. The number of carboxylic acid groups (broad SMARTS) is 1. The summed E-state index contributed by atoms with van der Waals surface area (Å²) in [4.78, 5) is 25.9. The number of hydrogen-bond donors (Lipinski definition) is 3. The van der Waals surface area contributed by atoms with Crippen molar-refractivity contribution in [2.24, 2.45) is 5.92 Å². The van der Waals surface area contributed by atoms with Crippen molar-refractivity contribution in [2.75, 3.05) is 11.9 Å². The molecule has 0 aromatic carbocycles. The first kappa shape index (κ1) is 13.6. The topological polar surface area (TPSA) is 91.4 Å². The Bertz CT molecular complexity index is 495. The number of hydrogen-bond acceptors (Lipinski definition) is 3. The molecule has 0 bridgehead atoms. The molecule has 2 atom stereocenters. The monoisotopic (exact) mass is 266 g/mol. The summed E-state index contributed by atoms with van der Waals surface area (Å²) >= 11 is 0. The summed E-state index contributed by atoms with van der Waals surface area (Å²) in [6, 6.07) is 1.62. The number of amides is 1. The van der Waals surface area contributed by atoms with Gasteiger partial charge in [0.1, 0.15) is 5.69 Å². The smallest absolute Gasteiger partial charge is 0.354 e. The van der Waals surface area contributed by atoms with Crippen LogP contribution in [0.25, 0.3) is 0 Å². The Kier molecular flexibility index (Phi) is 3.90. The van der Waals surface area contributed by atoms with Gasteiger partial charge in [-0.25, -0.2) is 4.79 Å². The Hall–Kier alpha value is -1.82. The fourth-order valence-electron chi connectivity index (χ4n) is 2.43. The second-order valence-corrected chi connectivity index (χ2v) is 4.75. The number of rotatable bonds is 4. The van der Waals surface area contributed by atoms with E-state index in [1.807, 2.05) is 6.92 Å². The minimum Gasteiger partial charge on any atom is -0.477 e. The SMILES string of the molecule is CCC1OCCC1C(=O)Nc1cc(C)[nH]c1C(=O)O. The Morgan fingerprint density at radius 1 is 1.58 bits per heavy atom. The van der Waals surface area contributed by atoms with Crippen LogP contribution < -0.4 is 5.32 Å². The Morgan fingerprint density at radius 3 is 2.95 bits per heavy atom. The lowest BCUT2D eigenvalue weighted by Gasteiger charge is -2.16. The molecular weight excluding hydrogens is 248 g/mol. The number of carboxylic acids is 1. The second-order valence-electron chi connectivity index (χ2n) is 4.75. The van der Waals surface area contributed by atoms with E-state index in [-0.39, 0.29) is 23.6 Å². The maximum absolute atomic E-state index is 12.2. The molecule has 1 aromatic rings. The third-order valence-corrected chi connectivity index (χ3v) is 3.37. The van der Waals surface area contributed by atoms with Gasteiger partial charge in [0.05, 0.1) is 17.7 Å². The van der Waals surface area contributed by atoms with E-state index >= 15 is 0 Å². The maximum atomic E-state index is 12.2. The van der Waals surface area contributed by atoms with Crippen molar-refractivity contribution in [3.8, 4) is 0 Å². The van der Waals surface area contributed by atoms with Crippen LogP contribution >= 0.6 is 0 Å². The van der Waals surface area contributed by atoms with Gasteiger partial charge in [0.2, 0.25) is 5.91 Å². The van der Waals surface area contributed by atoms with Gasteiger partial charge in [-0.05, 0) is 25.8 Å². The third-order valence-electron chi connectivity index (χ3n) is 3.37. The van der Waals surface area contributed by atoms with E-state index in [0.717, 1.165) is 6.42 Å². The molecule has 2 heterocycles. The molecule has 19 heavy (non-hydrogen) atoms. The number of carbonyl (C=O) groups excluding carboxylic acids is 1. The molecule has 6 heteroatoms. The van der Waals surface area contributed by atoms with Crippen LogP contribution in [0.4, 0.5) is 5.69 Å². The quantitative estimate of drug-likeness (QED) is 0.774. The molecule has 0 spiro atoms. The van der Waals surface area contributed by atoms with Gasteiger partial charge in [0, 0.05) is 12.3 Å². The predicted molar refractivity (Wildman–Crippen MR) is 69.3 cm³/mol. The van der Waals surface area contributed by atoms with Gasteiger partial charge in [-0.1, -0.05) is 6.92 Å². The standard InChI is InChI=1S/C13H18N2O4/c1-3-10-8(4-5-19-10)12(16)15-9-6-7(2)14-11(9)13(17)18/h6,8,10,14H,3-5H2,1-2H3,(H,15,16)(H,17,18). The van der Waals surface area contributed by atoms with Crippen LogP contribution in [-0.4, -0.2) is 34.7 Å². The van der Waals surface area contributed by atoms with Crippen molar-refractivity contribution in [1.29, 1.82) is 0 Å². The first-order chi connectivity index (χ1) is 9.02. The summed E-state index contributed by atoms with van der Waals surface area (Å²) in [5.74, 6) is -1.47. The lowest BCUT2D eigenvalue weighted by atomic mass is 9.98. The molecule has 2 unspecified atom stereocenters. The fourth-order valence-corrected chi connectivity index (χ4v) is 2.43. The van der Waals surface area contributed by atoms with Crippen LogP contribution in [0.1, 0.15) is 35.9 Å². The molecule has 0 saturated carbocycles. The molecule has 0 radical (unpaired) electrons. The predicted octanol–water partition coefficient (Wildman–Crippen LogP) is 1.77. The molecule has 1 aliphatic rings. The minimum atomic E-state index is -1.09. The number of carbonyl (C=O) groups is 2. The maximum Gasteiger partial charge on any atom is 0.354 e. The summed E-state index contributed by atoms with van der Waals surface area (Å²) in [5, 5.41) is 11.7. The Labute approximate surface area is 111 Å². The van der Waals surface area contributed by atoms with Gasteiger partial charge in [-0.2, -0.15) is 0 Å². The molecule has 6 nitrogen and oxygen atoms in total. The molecule has 2 rings (SSSR count). The molecule has 1 saturated heterocycles. The molecule has 104 valence electrons. The highest BCUT2D eigenvalue weighted by Crippen LogP contribution is 2.26. The summed E-state index contributed by atoms with van der Waals surface area (Å²) in [6.07, 6.45) is 1.37. The highest BCUT2D eigenvalue weighted by Gasteiger charge is 2.33. The van der Waals surface area contributed by atoms with Crippen molar-refractivity contribution in [1.82, 2.24) is 4.98 Å². The summed E-state index contributed by atoms with van der Waals surface area (Å²) in [7, 11) is 0. The minimum absolute atomic E-state index is 0.0119. The van der Waals surface area contributed by atoms with Gasteiger partial charge in [0.15, 0.2) is 0 Å². The number of aryl methyl sites for hydroxylation is 1. The van der Waals surface area contributed by atoms with E-state index in [1.165, 1.54) is 0 Å². The van der Waals surface area contributed by atoms with E-state index in [0.29, 0.717) is 24.4 Å². The number of nitrogens with one attached hydrogen (secondary N) is 2. The van der Waals surface area contributed by atoms with Crippen molar-refractivity contribution < 1.29 is 19.4 Å². The first-order valence-electron chi connectivity index (χ1n) is 6.38. The van der Waals surface area contributed by atoms with Gasteiger partial charge < -0.3 is 20.1 Å². The van der Waals surface area contributed by atoms with Gasteiger partial charge in [-0.15, -0.1) is 0 Å². The molecule has 0 aliphatic carbocycles. The molecule has 1 fully saturated rings. The van der Waals surface area contributed by atoms with Crippen LogP contribution in [-0.2, 0) is 9.53 Å². The lowest BCUT2D eigenvalue weighted by molar-refractivity contribution is -0.121. The number of ether oxygens (including phenoxy) is 1. The average molecular weight is 266 g/mol. The molecule has 3 N–H and O–H groups in total. The van der Waals surface area contributed by atoms with Crippen LogP contribution in [0.5, 0.6) is 0 Å². The second kappa shape index (κ2) is 5.44. The van der Waals surface area contributed by atoms with E-state index in [1.54, 1.807) is 13.0 Å².